The molecule has 2 rings (SSSR count). The first-order valence-electron chi connectivity index (χ1n) is 4.92. The van der Waals surface area contributed by atoms with Gasteiger partial charge in [0.1, 0.15) is 0 Å². The summed E-state index contributed by atoms with van der Waals surface area (Å²) in [5.41, 5.74) is 6.89. The molecule has 16 heavy (non-hydrogen) atoms. The van der Waals surface area contributed by atoms with E-state index in [9.17, 15) is 4.79 Å². The van der Waals surface area contributed by atoms with E-state index in [0.717, 1.165) is 0 Å². The Morgan fingerprint density at radius 3 is 2.88 bits per heavy atom. The van der Waals surface area contributed by atoms with Crippen molar-refractivity contribution >= 4 is 22.6 Å². The number of aromatic nitrogens is 2. The third-order valence-electron chi connectivity index (χ3n) is 2.18. The molecule has 0 bridgehead atoms. The smallest absolute Gasteiger partial charge is 0.361 e. The van der Waals surface area contributed by atoms with Crippen molar-refractivity contribution in [1.29, 1.82) is 0 Å². The number of nitrogen functional groups attached to an aromatic ring is 1. The highest BCUT2D eigenvalue weighted by Gasteiger charge is 2.15. The Kier molecular flexibility index (Phi) is 2.68. The normalized spacial score (nSPS) is 10.3. The molecule has 0 amide bonds. The Morgan fingerprint density at radius 2 is 2.12 bits per heavy atom. The topological polar surface area (TPSA) is 78.1 Å². The second-order valence-corrected chi connectivity index (χ2v) is 3.20. The van der Waals surface area contributed by atoms with E-state index in [1.165, 1.54) is 0 Å². The molecule has 0 fully saturated rings. The Hall–Kier alpha value is -2.17. The van der Waals surface area contributed by atoms with Gasteiger partial charge in [0.2, 0.25) is 0 Å². The number of hydrogen-bond donors (Lipinski definition) is 1. The highest BCUT2D eigenvalue weighted by Crippen LogP contribution is 2.21. The first-order chi connectivity index (χ1) is 7.74. The summed E-state index contributed by atoms with van der Waals surface area (Å²) < 4.78 is 4.84. The summed E-state index contributed by atoms with van der Waals surface area (Å²) >= 11 is 0. The summed E-state index contributed by atoms with van der Waals surface area (Å²) in [6.07, 6.45) is 0. The zero-order valence-electron chi connectivity index (χ0n) is 8.80. The van der Waals surface area contributed by atoms with Gasteiger partial charge in [0.05, 0.1) is 17.8 Å². The predicted octanol–water partition coefficient (Wildman–Crippen LogP) is 1.39. The van der Waals surface area contributed by atoms with Crippen LogP contribution in [0.25, 0.3) is 10.9 Å². The molecule has 0 aliphatic carbocycles. The van der Waals surface area contributed by atoms with Gasteiger partial charge in [0.15, 0.2) is 5.69 Å². The molecule has 82 valence electrons. The van der Waals surface area contributed by atoms with E-state index in [-0.39, 0.29) is 12.3 Å². The third kappa shape index (κ3) is 1.67. The monoisotopic (exact) mass is 217 g/mol. The SMILES string of the molecule is CCOC(=O)c1nnc2ccccc2c1N. The number of ether oxygens (including phenoxy) is 1. The van der Waals surface area contributed by atoms with Crippen LogP contribution in [-0.4, -0.2) is 22.8 Å². The Bertz CT molecular complexity index is 540. The molecular weight excluding hydrogens is 206 g/mol. The first-order valence-corrected chi connectivity index (χ1v) is 4.92. The van der Waals surface area contributed by atoms with Gasteiger partial charge in [-0.15, -0.1) is 10.2 Å². The maximum Gasteiger partial charge on any atom is 0.361 e. The van der Waals surface area contributed by atoms with Gasteiger partial charge in [-0.2, -0.15) is 0 Å². The van der Waals surface area contributed by atoms with Gasteiger partial charge < -0.3 is 10.5 Å². The Morgan fingerprint density at radius 1 is 1.38 bits per heavy atom. The second kappa shape index (κ2) is 4.14. The number of benzene rings is 1. The van der Waals surface area contributed by atoms with Gasteiger partial charge in [-0.3, -0.25) is 0 Å². The first kappa shape index (κ1) is 10.4. The molecule has 1 aromatic carbocycles. The molecule has 5 heteroatoms. The summed E-state index contributed by atoms with van der Waals surface area (Å²) in [7, 11) is 0. The minimum Gasteiger partial charge on any atom is -0.461 e. The third-order valence-corrected chi connectivity index (χ3v) is 2.18. The maximum atomic E-state index is 11.5. The standard InChI is InChI=1S/C11H11N3O2/c1-2-16-11(15)10-9(12)7-5-3-4-6-8(7)13-14-10/h3-6H,2H2,1H3,(H2,12,13). The lowest BCUT2D eigenvalue weighted by molar-refractivity contribution is 0.0520. The van der Waals surface area contributed by atoms with Crippen molar-refractivity contribution in [1.82, 2.24) is 10.2 Å². The molecule has 0 radical (unpaired) electrons. The van der Waals surface area contributed by atoms with E-state index in [1.807, 2.05) is 12.1 Å². The largest absolute Gasteiger partial charge is 0.461 e. The molecule has 0 aliphatic heterocycles. The van der Waals surface area contributed by atoms with Crippen LogP contribution in [0, 0.1) is 0 Å². The predicted molar refractivity (Wildman–Crippen MR) is 59.9 cm³/mol. The van der Waals surface area contributed by atoms with Crippen molar-refractivity contribution < 1.29 is 9.53 Å². The fourth-order valence-corrected chi connectivity index (χ4v) is 1.42. The van der Waals surface area contributed by atoms with Crippen molar-refractivity contribution in [2.45, 2.75) is 6.92 Å². The molecule has 2 N–H and O–H groups in total. The molecular formula is C11H11N3O2. The van der Waals surface area contributed by atoms with Crippen LogP contribution in [0.4, 0.5) is 5.69 Å². The van der Waals surface area contributed by atoms with E-state index in [2.05, 4.69) is 10.2 Å². The fourth-order valence-electron chi connectivity index (χ4n) is 1.42. The number of carbonyl (C=O) groups is 1. The van der Waals surface area contributed by atoms with E-state index >= 15 is 0 Å². The average molecular weight is 217 g/mol. The molecule has 0 saturated heterocycles. The summed E-state index contributed by atoms with van der Waals surface area (Å²) in [5, 5.41) is 8.40. The Labute approximate surface area is 92.2 Å². The fraction of sp³-hybridized carbons (Fsp3) is 0.182. The minimum absolute atomic E-state index is 0.0700. The number of anilines is 1. The lowest BCUT2D eigenvalue weighted by Crippen LogP contribution is -2.11. The summed E-state index contributed by atoms with van der Waals surface area (Å²) in [6, 6.07) is 7.24. The molecule has 1 heterocycles. The van der Waals surface area contributed by atoms with E-state index < -0.39 is 5.97 Å². The number of carbonyl (C=O) groups excluding carboxylic acids is 1. The molecule has 0 atom stereocenters. The molecule has 1 aromatic heterocycles. The van der Waals surface area contributed by atoms with Gasteiger partial charge in [-0.05, 0) is 13.0 Å². The van der Waals surface area contributed by atoms with Crippen LogP contribution in [0.3, 0.4) is 0 Å². The molecule has 2 aromatic rings. The van der Waals surface area contributed by atoms with Crippen LogP contribution in [-0.2, 0) is 4.74 Å². The van der Waals surface area contributed by atoms with Gasteiger partial charge in [0, 0.05) is 5.39 Å². The summed E-state index contributed by atoms with van der Waals surface area (Å²) in [4.78, 5) is 11.5. The van der Waals surface area contributed by atoms with E-state index in [4.69, 9.17) is 10.5 Å². The van der Waals surface area contributed by atoms with Crippen molar-refractivity contribution in [3.05, 3.63) is 30.0 Å². The van der Waals surface area contributed by atoms with Gasteiger partial charge >= 0.3 is 5.97 Å². The number of nitrogens with zero attached hydrogens (tertiary/aromatic N) is 2. The lowest BCUT2D eigenvalue weighted by atomic mass is 10.2. The number of rotatable bonds is 2. The number of nitrogens with two attached hydrogens (primary N) is 1. The quantitative estimate of drug-likeness (QED) is 0.769. The van der Waals surface area contributed by atoms with Crippen molar-refractivity contribution in [2.75, 3.05) is 12.3 Å². The van der Waals surface area contributed by atoms with Crippen LogP contribution in [0.5, 0.6) is 0 Å². The highest BCUT2D eigenvalue weighted by atomic mass is 16.5. The Balaban J connectivity index is 2.56. The molecule has 0 saturated carbocycles. The maximum absolute atomic E-state index is 11.5. The van der Waals surface area contributed by atoms with Crippen LogP contribution < -0.4 is 5.73 Å². The number of hydrogen-bond acceptors (Lipinski definition) is 5. The van der Waals surface area contributed by atoms with Crippen LogP contribution in [0.2, 0.25) is 0 Å². The molecule has 0 spiro atoms. The van der Waals surface area contributed by atoms with Crippen molar-refractivity contribution in [3.63, 3.8) is 0 Å². The van der Waals surface area contributed by atoms with Crippen LogP contribution in [0.1, 0.15) is 17.4 Å². The average Bonchev–Trinajstić information content (AvgIpc) is 2.30. The number of fused-ring (bicyclic) bond motifs is 1. The number of esters is 1. The molecule has 5 nitrogen and oxygen atoms in total. The molecule has 0 unspecified atom stereocenters. The second-order valence-electron chi connectivity index (χ2n) is 3.20. The van der Waals surface area contributed by atoms with Crippen molar-refractivity contribution in [3.8, 4) is 0 Å². The van der Waals surface area contributed by atoms with Gasteiger partial charge in [-0.1, -0.05) is 18.2 Å². The zero-order chi connectivity index (χ0) is 11.5. The van der Waals surface area contributed by atoms with Gasteiger partial charge in [-0.25, -0.2) is 4.79 Å². The molecule has 0 aliphatic rings. The summed E-state index contributed by atoms with van der Waals surface area (Å²) in [5.74, 6) is -0.543. The zero-order valence-corrected chi connectivity index (χ0v) is 8.80. The van der Waals surface area contributed by atoms with E-state index in [0.29, 0.717) is 16.6 Å². The van der Waals surface area contributed by atoms with Gasteiger partial charge in [0.25, 0.3) is 0 Å². The lowest BCUT2D eigenvalue weighted by Gasteiger charge is -2.05. The van der Waals surface area contributed by atoms with Crippen LogP contribution >= 0.6 is 0 Å². The van der Waals surface area contributed by atoms with Crippen LogP contribution in [0.15, 0.2) is 24.3 Å². The van der Waals surface area contributed by atoms with E-state index in [1.54, 1.807) is 19.1 Å². The highest BCUT2D eigenvalue weighted by molar-refractivity contribution is 6.02. The summed E-state index contributed by atoms with van der Waals surface area (Å²) in [6.45, 7) is 2.01. The minimum atomic E-state index is -0.543. The van der Waals surface area contributed by atoms with Crippen molar-refractivity contribution in [2.24, 2.45) is 0 Å².